The zero-order valence-electron chi connectivity index (χ0n) is 16.1. The number of methoxy groups -OCH3 is 2. The van der Waals surface area contributed by atoms with E-state index in [-0.39, 0.29) is 24.3 Å². The molecule has 1 fully saturated rings. The van der Waals surface area contributed by atoms with Gasteiger partial charge in [0.1, 0.15) is 11.5 Å². The molecule has 0 spiro atoms. The maximum absolute atomic E-state index is 12.6. The number of benzene rings is 1. The van der Waals surface area contributed by atoms with Crippen molar-refractivity contribution in [3.63, 3.8) is 0 Å². The number of hydrogen-bond acceptors (Lipinski definition) is 6. The van der Waals surface area contributed by atoms with Crippen molar-refractivity contribution in [1.29, 1.82) is 0 Å². The lowest BCUT2D eigenvalue weighted by atomic mass is 10.0. The van der Waals surface area contributed by atoms with Crippen LogP contribution < -0.4 is 14.8 Å². The van der Waals surface area contributed by atoms with Crippen LogP contribution in [0.3, 0.4) is 0 Å². The Labute approximate surface area is 163 Å². The molecule has 1 aromatic carbocycles. The first-order valence-corrected chi connectivity index (χ1v) is 9.10. The van der Waals surface area contributed by atoms with Crippen LogP contribution in [-0.2, 0) is 9.53 Å². The van der Waals surface area contributed by atoms with Crippen LogP contribution in [0.25, 0.3) is 0 Å². The van der Waals surface area contributed by atoms with Gasteiger partial charge in [-0.25, -0.2) is 4.79 Å². The first-order valence-electron chi connectivity index (χ1n) is 9.10. The second-order valence-corrected chi connectivity index (χ2v) is 6.44. The fourth-order valence-corrected chi connectivity index (χ4v) is 2.90. The second kappa shape index (κ2) is 10.4. The molecule has 28 heavy (non-hydrogen) atoms. The SMILES string of the molecule is COC(=O)CCCOc1cc(OC)cc(C(=O)NC2CCN(C(=O)O)CC2)c1. The highest BCUT2D eigenvalue weighted by Gasteiger charge is 2.24. The summed E-state index contributed by atoms with van der Waals surface area (Å²) in [6.45, 7) is 1.09. The van der Waals surface area contributed by atoms with Crippen LogP contribution in [0.15, 0.2) is 18.2 Å². The van der Waals surface area contributed by atoms with Gasteiger partial charge in [-0.1, -0.05) is 0 Å². The number of ether oxygens (including phenoxy) is 3. The molecule has 0 bridgehead atoms. The van der Waals surface area contributed by atoms with Gasteiger partial charge in [-0.15, -0.1) is 0 Å². The molecule has 0 unspecified atom stereocenters. The standard InChI is InChI=1S/C19H26N2O7/c1-26-15-10-13(11-16(12-15)28-9-3-4-17(22)27-2)18(23)20-14-5-7-21(8-6-14)19(24)25/h10-12,14H,3-9H2,1-2H3,(H,20,23)(H,24,25). The number of carbonyl (C=O) groups is 3. The van der Waals surface area contributed by atoms with Crippen LogP contribution >= 0.6 is 0 Å². The van der Waals surface area contributed by atoms with Crippen LogP contribution in [0.4, 0.5) is 4.79 Å². The number of piperidine rings is 1. The van der Waals surface area contributed by atoms with E-state index in [1.165, 1.54) is 19.1 Å². The summed E-state index contributed by atoms with van der Waals surface area (Å²) in [5.41, 5.74) is 0.392. The van der Waals surface area contributed by atoms with Gasteiger partial charge in [0.25, 0.3) is 5.91 Å². The molecule has 1 saturated heterocycles. The van der Waals surface area contributed by atoms with Gasteiger partial charge in [-0.3, -0.25) is 9.59 Å². The first-order chi connectivity index (χ1) is 13.4. The summed E-state index contributed by atoms with van der Waals surface area (Å²) in [6, 6.07) is 4.81. The van der Waals surface area contributed by atoms with Gasteiger partial charge < -0.3 is 29.5 Å². The van der Waals surface area contributed by atoms with Gasteiger partial charge in [0, 0.05) is 37.2 Å². The molecule has 0 atom stereocenters. The number of amides is 2. The van der Waals surface area contributed by atoms with Gasteiger partial charge in [0.15, 0.2) is 0 Å². The Balaban J connectivity index is 1.93. The molecule has 1 aromatic rings. The molecular weight excluding hydrogens is 368 g/mol. The average Bonchev–Trinajstić information content (AvgIpc) is 2.71. The zero-order valence-corrected chi connectivity index (χ0v) is 16.1. The van der Waals surface area contributed by atoms with Crippen molar-refractivity contribution in [2.24, 2.45) is 0 Å². The number of carboxylic acid groups (broad SMARTS) is 1. The number of hydrogen-bond donors (Lipinski definition) is 2. The largest absolute Gasteiger partial charge is 0.497 e. The monoisotopic (exact) mass is 394 g/mol. The third kappa shape index (κ3) is 6.33. The summed E-state index contributed by atoms with van der Waals surface area (Å²) >= 11 is 0. The quantitative estimate of drug-likeness (QED) is 0.511. The van der Waals surface area contributed by atoms with Crippen molar-refractivity contribution >= 4 is 18.0 Å². The number of rotatable bonds is 8. The van der Waals surface area contributed by atoms with Crippen LogP contribution in [0.2, 0.25) is 0 Å². The molecule has 2 rings (SSSR count). The summed E-state index contributed by atoms with van der Waals surface area (Å²) in [6.07, 6.45) is 0.945. The molecule has 1 aliphatic heterocycles. The van der Waals surface area contributed by atoms with Gasteiger partial charge in [-0.2, -0.15) is 0 Å². The topological polar surface area (TPSA) is 114 Å². The molecule has 2 N–H and O–H groups in total. The number of likely N-dealkylation sites (tertiary alicyclic amines) is 1. The second-order valence-electron chi connectivity index (χ2n) is 6.44. The van der Waals surface area contributed by atoms with Gasteiger partial charge in [0.2, 0.25) is 0 Å². The van der Waals surface area contributed by atoms with Crippen molar-refractivity contribution in [1.82, 2.24) is 10.2 Å². The molecule has 0 aromatic heterocycles. The van der Waals surface area contributed by atoms with Crippen molar-refractivity contribution in [2.45, 2.75) is 31.7 Å². The van der Waals surface area contributed by atoms with E-state index in [2.05, 4.69) is 10.1 Å². The summed E-state index contributed by atoms with van der Waals surface area (Å²) in [5, 5.41) is 11.9. The molecule has 0 saturated carbocycles. The lowest BCUT2D eigenvalue weighted by Crippen LogP contribution is -2.46. The number of nitrogens with zero attached hydrogens (tertiary/aromatic N) is 1. The third-order valence-corrected chi connectivity index (χ3v) is 4.50. The maximum atomic E-state index is 12.6. The Bertz CT molecular complexity index is 700. The highest BCUT2D eigenvalue weighted by molar-refractivity contribution is 5.95. The molecular formula is C19H26N2O7. The minimum atomic E-state index is -0.938. The van der Waals surface area contributed by atoms with E-state index in [4.69, 9.17) is 14.6 Å². The van der Waals surface area contributed by atoms with Gasteiger partial charge in [0.05, 0.1) is 20.8 Å². The van der Waals surface area contributed by atoms with Crippen LogP contribution in [0.1, 0.15) is 36.0 Å². The summed E-state index contributed by atoms with van der Waals surface area (Å²) in [4.78, 5) is 36.0. The van der Waals surface area contributed by atoms with Crippen LogP contribution in [0, 0.1) is 0 Å². The predicted molar refractivity (Wildman–Crippen MR) is 99.8 cm³/mol. The minimum Gasteiger partial charge on any atom is -0.497 e. The maximum Gasteiger partial charge on any atom is 0.407 e. The fraction of sp³-hybridized carbons (Fsp3) is 0.526. The van der Waals surface area contributed by atoms with Crippen molar-refractivity contribution in [2.75, 3.05) is 33.9 Å². The minimum absolute atomic E-state index is 0.0845. The van der Waals surface area contributed by atoms with E-state index in [1.54, 1.807) is 18.2 Å². The smallest absolute Gasteiger partial charge is 0.407 e. The van der Waals surface area contributed by atoms with Crippen molar-refractivity contribution < 1.29 is 33.7 Å². The molecule has 9 heteroatoms. The van der Waals surface area contributed by atoms with E-state index >= 15 is 0 Å². The normalized spacial score (nSPS) is 14.3. The Morgan fingerprint density at radius 2 is 1.82 bits per heavy atom. The van der Waals surface area contributed by atoms with Crippen molar-refractivity contribution in [3.8, 4) is 11.5 Å². The van der Waals surface area contributed by atoms with Crippen LogP contribution in [-0.4, -0.2) is 67.9 Å². The van der Waals surface area contributed by atoms with E-state index in [0.29, 0.717) is 56.0 Å². The third-order valence-electron chi connectivity index (χ3n) is 4.50. The predicted octanol–water partition coefficient (Wildman–Crippen LogP) is 1.90. The summed E-state index contributed by atoms with van der Waals surface area (Å²) in [5.74, 6) is 0.377. The average molecular weight is 394 g/mol. The lowest BCUT2D eigenvalue weighted by Gasteiger charge is -2.30. The fourth-order valence-electron chi connectivity index (χ4n) is 2.90. The number of esters is 1. The van der Waals surface area contributed by atoms with Gasteiger partial charge >= 0.3 is 12.1 Å². The highest BCUT2D eigenvalue weighted by atomic mass is 16.5. The highest BCUT2D eigenvalue weighted by Crippen LogP contribution is 2.23. The first kappa shape index (κ1) is 21.3. The van der Waals surface area contributed by atoms with Gasteiger partial charge in [-0.05, 0) is 31.4 Å². The summed E-state index contributed by atoms with van der Waals surface area (Å²) in [7, 11) is 2.83. The molecule has 9 nitrogen and oxygen atoms in total. The van der Waals surface area contributed by atoms with E-state index < -0.39 is 6.09 Å². The van der Waals surface area contributed by atoms with Crippen molar-refractivity contribution in [3.05, 3.63) is 23.8 Å². The number of nitrogens with one attached hydrogen (secondary N) is 1. The van der Waals surface area contributed by atoms with E-state index in [1.807, 2.05) is 0 Å². The molecule has 0 radical (unpaired) electrons. The molecule has 1 heterocycles. The van der Waals surface area contributed by atoms with E-state index in [9.17, 15) is 14.4 Å². The number of carbonyl (C=O) groups excluding carboxylic acids is 2. The Hall–Kier alpha value is -2.97. The summed E-state index contributed by atoms with van der Waals surface area (Å²) < 4.78 is 15.4. The Morgan fingerprint density at radius 1 is 1.14 bits per heavy atom. The Kier molecular flexibility index (Phi) is 7.91. The lowest BCUT2D eigenvalue weighted by molar-refractivity contribution is -0.140. The molecule has 0 aliphatic carbocycles. The Morgan fingerprint density at radius 3 is 2.43 bits per heavy atom. The van der Waals surface area contributed by atoms with E-state index in [0.717, 1.165) is 0 Å². The van der Waals surface area contributed by atoms with Crippen LogP contribution in [0.5, 0.6) is 11.5 Å². The molecule has 154 valence electrons. The molecule has 2 amide bonds. The molecule has 1 aliphatic rings. The zero-order chi connectivity index (χ0) is 20.5.